The number of nitrogens with zero attached hydrogens (tertiary/aromatic N) is 1. The minimum absolute atomic E-state index is 0.471. The molecular weight excluding hydrogens is 386 g/mol. The van der Waals surface area contributed by atoms with Crippen LogP contribution >= 0.6 is 11.3 Å². The van der Waals surface area contributed by atoms with Crippen LogP contribution in [0.5, 0.6) is 0 Å². The van der Waals surface area contributed by atoms with Gasteiger partial charge in [-0.05, 0) is 73.2 Å². The number of amidine groups is 1. The molecule has 0 amide bonds. The average Bonchev–Trinajstić information content (AvgIpc) is 3.25. The molecule has 0 radical (unpaired) electrons. The summed E-state index contributed by atoms with van der Waals surface area (Å²) in [6.45, 7) is 12.1. The first-order chi connectivity index (χ1) is 14.5. The quantitative estimate of drug-likeness (QED) is 0.298. The fraction of sp³-hybridized carbons (Fsp3) is 0.423. The normalized spacial score (nSPS) is 20.6. The van der Waals surface area contributed by atoms with Crippen molar-refractivity contribution >= 4 is 22.9 Å². The van der Waals surface area contributed by atoms with Crippen molar-refractivity contribution in [3.8, 4) is 0 Å². The summed E-state index contributed by atoms with van der Waals surface area (Å²) in [6.07, 6.45) is 8.87. The van der Waals surface area contributed by atoms with Crippen molar-refractivity contribution < 1.29 is 0 Å². The lowest BCUT2D eigenvalue weighted by Gasteiger charge is -2.32. The Labute approximate surface area is 186 Å². The fourth-order valence-electron chi connectivity index (χ4n) is 4.47. The van der Waals surface area contributed by atoms with E-state index in [9.17, 15) is 0 Å². The van der Waals surface area contributed by atoms with Crippen molar-refractivity contribution in [3.05, 3.63) is 75.5 Å². The maximum Gasteiger partial charge on any atom is 0.140 e. The Bertz CT molecular complexity index is 895. The van der Waals surface area contributed by atoms with E-state index in [0.717, 1.165) is 36.6 Å². The Balaban J connectivity index is 1.79. The molecule has 0 bridgehead atoms. The summed E-state index contributed by atoms with van der Waals surface area (Å²) in [6, 6.07) is 10.7. The molecule has 1 aromatic carbocycles. The summed E-state index contributed by atoms with van der Waals surface area (Å²) < 4.78 is 0. The minimum Gasteiger partial charge on any atom is -0.340 e. The first kappa shape index (κ1) is 22.5. The number of nitrogens with one attached hydrogen (secondary N) is 2. The van der Waals surface area contributed by atoms with Gasteiger partial charge in [0.25, 0.3) is 0 Å². The number of hydrogen-bond donors (Lipinski definition) is 2. The maximum atomic E-state index is 8.36. The largest absolute Gasteiger partial charge is 0.340 e. The molecule has 0 aliphatic carbocycles. The zero-order valence-electron chi connectivity index (χ0n) is 18.7. The molecular formula is C26H35N3S. The molecule has 1 aliphatic rings. The van der Waals surface area contributed by atoms with Crippen LogP contribution < -0.4 is 5.32 Å². The molecule has 3 nitrogen and oxygen atoms in total. The molecule has 0 saturated carbocycles. The van der Waals surface area contributed by atoms with Crippen molar-refractivity contribution in [1.82, 2.24) is 4.90 Å². The van der Waals surface area contributed by atoms with E-state index in [1.807, 2.05) is 17.5 Å². The molecule has 3 rings (SSSR count). The lowest BCUT2D eigenvalue weighted by atomic mass is 9.85. The molecule has 30 heavy (non-hydrogen) atoms. The third kappa shape index (κ3) is 5.93. The predicted molar refractivity (Wildman–Crippen MR) is 132 cm³/mol. The van der Waals surface area contributed by atoms with E-state index < -0.39 is 0 Å². The second-order valence-corrected chi connectivity index (χ2v) is 9.43. The van der Waals surface area contributed by atoms with Gasteiger partial charge in [-0.2, -0.15) is 0 Å². The summed E-state index contributed by atoms with van der Waals surface area (Å²) in [7, 11) is 0. The van der Waals surface area contributed by atoms with Gasteiger partial charge in [0, 0.05) is 25.3 Å². The van der Waals surface area contributed by atoms with Crippen molar-refractivity contribution in [1.29, 1.82) is 5.41 Å². The van der Waals surface area contributed by atoms with Gasteiger partial charge in [0.15, 0.2) is 0 Å². The van der Waals surface area contributed by atoms with Gasteiger partial charge in [-0.1, -0.05) is 49.8 Å². The Kier molecular flexibility index (Phi) is 8.06. The highest BCUT2D eigenvalue weighted by molar-refractivity contribution is 7.12. The van der Waals surface area contributed by atoms with E-state index in [1.54, 1.807) is 11.3 Å². The molecule has 4 heteroatoms. The van der Waals surface area contributed by atoms with Crippen LogP contribution in [0.3, 0.4) is 0 Å². The van der Waals surface area contributed by atoms with Gasteiger partial charge in [0.1, 0.15) is 5.84 Å². The lowest BCUT2D eigenvalue weighted by Crippen LogP contribution is -2.32. The van der Waals surface area contributed by atoms with Crippen LogP contribution in [-0.2, 0) is 6.54 Å². The van der Waals surface area contributed by atoms with Crippen LogP contribution in [0, 0.1) is 11.3 Å². The molecule has 160 valence electrons. The molecule has 0 spiro atoms. The maximum absolute atomic E-state index is 8.36. The number of anilines is 1. The van der Waals surface area contributed by atoms with E-state index in [2.05, 4.69) is 74.3 Å². The van der Waals surface area contributed by atoms with E-state index >= 15 is 0 Å². The van der Waals surface area contributed by atoms with Crippen molar-refractivity contribution in [2.24, 2.45) is 5.92 Å². The van der Waals surface area contributed by atoms with Gasteiger partial charge in [-0.15, -0.1) is 11.3 Å². The molecule has 2 heterocycles. The third-order valence-electron chi connectivity index (χ3n) is 5.90. The highest BCUT2D eigenvalue weighted by atomic mass is 32.1. The van der Waals surface area contributed by atoms with Gasteiger partial charge in [-0.3, -0.25) is 10.3 Å². The molecule has 2 atom stereocenters. The smallest absolute Gasteiger partial charge is 0.140 e. The topological polar surface area (TPSA) is 39.1 Å². The Hall–Kier alpha value is -2.17. The zero-order chi connectivity index (χ0) is 21.5. The number of allylic oxidation sites excluding steroid dienone is 3. The van der Waals surface area contributed by atoms with Crippen LogP contribution in [0.25, 0.3) is 0 Å². The highest BCUT2D eigenvalue weighted by Crippen LogP contribution is 2.32. The summed E-state index contributed by atoms with van der Waals surface area (Å²) in [5.41, 5.74) is 5.27. The van der Waals surface area contributed by atoms with Crippen molar-refractivity contribution in [2.45, 2.75) is 53.0 Å². The molecule has 2 N–H and O–H groups in total. The molecule has 1 aromatic heterocycles. The van der Waals surface area contributed by atoms with Gasteiger partial charge in [0.2, 0.25) is 0 Å². The van der Waals surface area contributed by atoms with Crippen LogP contribution in [0.15, 0.2) is 59.5 Å². The minimum atomic E-state index is 0.471. The zero-order valence-corrected chi connectivity index (χ0v) is 19.6. The van der Waals surface area contributed by atoms with Crippen LogP contribution in [0.2, 0.25) is 0 Å². The standard InChI is InChI=1S/C26H35N3S/c1-5-8-21(6-2)12-13-29-17-19(3)15-20(4)24-11-10-23(16-22(24)18-29)28-26(27)25-9-7-14-30-25/h5-11,14,16,19-20H,12-13,15,17-18H2,1-4H3,(H2,27,28)/b8-5-,21-6+. The Morgan fingerprint density at radius 3 is 2.80 bits per heavy atom. The second kappa shape index (κ2) is 10.7. The van der Waals surface area contributed by atoms with Gasteiger partial charge < -0.3 is 5.32 Å². The molecule has 1 aliphatic heterocycles. The number of benzene rings is 1. The second-order valence-electron chi connectivity index (χ2n) is 8.48. The van der Waals surface area contributed by atoms with Gasteiger partial charge in [0.05, 0.1) is 4.88 Å². The Morgan fingerprint density at radius 1 is 1.27 bits per heavy atom. The molecule has 2 unspecified atom stereocenters. The lowest BCUT2D eigenvalue weighted by molar-refractivity contribution is 0.214. The van der Waals surface area contributed by atoms with Crippen molar-refractivity contribution in [3.63, 3.8) is 0 Å². The van der Waals surface area contributed by atoms with E-state index in [1.165, 1.54) is 23.1 Å². The summed E-state index contributed by atoms with van der Waals surface area (Å²) in [5, 5.41) is 13.7. The summed E-state index contributed by atoms with van der Waals surface area (Å²) in [4.78, 5) is 3.57. The SMILES string of the molecule is C/C=C\C(=C/C)CCN1Cc2cc(NC(=N)c3cccs3)ccc2C(C)CC(C)C1. The van der Waals surface area contributed by atoms with E-state index in [0.29, 0.717) is 17.7 Å². The van der Waals surface area contributed by atoms with Crippen molar-refractivity contribution in [2.75, 3.05) is 18.4 Å². The monoisotopic (exact) mass is 421 g/mol. The first-order valence-electron chi connectivity index (χ1n) is 11.0. The van der Waals surface area contributed by atoms with Gasteiger partial charge in [-0.25, -0.2) is 0 Å². The average molecular weight is 422 g/mol. The number of thiophene rings is 1. The molecule has 2 aromatic rings. The number of hydrogen-bond acceptors (Lipinski definition) is 3. The molecule has 0 fully saturated rings. The van der Waals surface area contributed by atoms with Crippen LogP contribution in [0.4, 0.5) is 5.69 Å². The van der Waals surface area contributed by atoms with Gasteiger partial charge >= 0.3 is 0 Å². The Morgan fingerprint density at radius 2 is 2.10 bits per heavy atom. The highest BCUT2D eigenvalue weighted by Gasteiger charge is 2.22. The first-order valence-corrected chi connectivity index (χ1v) is 11.9. The summed E-state index contributed by atoms with van der Waals surface area (Å²) in [5.74, 6) is 1.73. The number of rotatable bonds is 6. The van der Waals surface area contributed by atoms with Crippen LogP contribution in [-0.4, -0.2) is 23.8 Å². The summed E-state index contributed by atoms with van der Waals surface area (Å²) >= 11 is 1.60. The van der Waals surface area contributed by atoms with E-state index in [4.69, 9.17) is 5.41 Å². The van der Waals surface area contributed by atoms with Crippen LogP contribution in [0.1, 0.15) is 62.5 Å². The third-order valence-corrected chi connectivity index (χ3v) is 6.79. The van der Waals surface area contributed by atoms with E-state index in [-0.39, 0.29) is 0 Å². The molecule has 0 saturated heterocycles. The fourth-order valence-corrected chi connectivity index (χ4v) is 5.10. The number of fused-ring (bicyclic) bond motifs is 1. The predicted octanol–water partition coefficient (Wildman–Crippen LogP) is 7.04.